The summed E-state index contributed by atoms with van der Waals surface area (Å²) in [5.74, 6) is -0.611. The lowest BCUT2D eigenvalue weighted by Gasteiger charge is -2.27. The second kappa shape index (κ2) is 5.19. The molecule has 0 radical (unpaired) electrons. The SMILES string of the molecule is Cc1ccc(C(=O)N2CC=C(C(F)(F)F)CC2)c(O)c1. The minimum Gasteiger partial charge on any atom is -0.507 e. The normalized spacial score (nSPS) is 16.0. The molecule has 20 heavy (non-hydrogen) atoms. The van der Waals surface area contributed by atoms with Crippen LogP contribution in [0.2, 0.25) is 0 Å². The first-order chi connectivity index (χ1) is 9.29. The number of phenolic OH excluding ortho intramolecular Hbond substituents is 1. The second-order valence-electron chi connectivity index (χ2n) is 4.75. The topological polar surface area (TPSA) is 40.5 Å². The van der Waals surface area contributed by atoms with E-state index in [2.05, 4.69) is 0 Å². The molecule has 0 aliphatic carbocycles. The number of carbonyl (C=O) groups is 1. The van der Waals surface area contributed by atoms with E-state index in [0.29, 0.717) is 0 Å². The number of halogens is 3. The summed E-state index contributed by atoms with van der Waals surface area (Å²) in [4.78, 5) is 13.4. The van der Waals surface area contributed by atoms with Crippen LogP contribution in [-0.4, -0.2) is 35.2 Å². The molecule has 0 aromatic heterocycles. The van der Waals surface area contributed by atoms with E-state index in [9.17, 15) is 23.1 Å². The molecule has 0 saturated carbocycles. The largest absolute Gasteiger partial charge is 0.507 e. The van der Waals surface area contributed by atoms with Crippen LogP contribution in [0.1, 0.15) is 22.3 Å². The zero-order valence-electron chi connectivity index (χ0n) is 10.9. The third-order valence-electron chi connectivity index (χ3n) is 3.24. The maximum Gasteiger partial charge on any atom is 0.412 e. The zero-order chi connectivity index (χ0) is 14.9. The van der Waals surface area contributed by atoms with E-state index >= 15 is 0 Å². The molecule has 1 aliphatic heterocycles. The molecule has 108 valence electrons. The van der Waals surface area contributed by atoms with Crippen molar-refractivity contribution >= 4 is 5.91 Å². The van der Waals surface area contributed by atoms with E-state index < -0.39 is 17.7 Å². The van der Waals surface area contributed by atoms with Crippen LogP contribution in [0.3, 0.4) is 0 Å². The van der Waals surface area contributed by atoms with Crippen molar-refractivity contribution in [3.63, 3.8) is 0 Å². The molecular weight excluding hydrogens is 271 g/mol. The van der Waals surface area contributed by atoms with Crippen LogP contribution in [-0.2, 0) is 0 Å². The summed E-state index contributed by atoms with van der Waals surface area (Å²) < 4.78 is 37.5. The lowest BCUT2D eigenvalue weighted by Crippen LogP contribution is -2.36. The second-order valence-corrected chi connectivity index (χ2v) is 4.75. The van der Waals surface area contributed by atoms with Gasteiger partial charge in [-0.15, -0.1) is 0 Å². The van der Waals surface area contributed by atoms with Gasteiger partial charge in [-0.2, -0.15) is 13.2 Å². The molecular formula is C14H14F3NO2. The van der Waals surface area contributed by atoms with Gasteiger partial charge in [-0.3, -0.25) is 4.79 Å². The summed E-state index contributed by atoms with van der Waals surface area (Å²) in [6.45, 7) is 1.67. The van der Waals surface area contributed by atoms with Crippen molar-refractivity contribution < 1.29 is 23.1 Å². The van der Waals surface area contributed by atoms with Crippen LogP contribution in [0.5, 0.6) is 5.75 Å². The first-order valence-electron chi connectivity index (χ1n) is 6.14. The van der Waals surface area contributed by atoms with Crippen molar-refractivity contribution in [2.45, 2.75) is 19.5 Å². The van der Waals surface area contributed by atoms with Crippen LogP contribution in [0.4, 0.5) is 13.2 Å². The van der Waals surface area contributed by atoms with Crippen molar-refractivity contribution in [1.29, 1.82) is 0 Å². The average molecular weight is 285 g/mol. The molecule has 1 amide bonds. The Morgan fingerprint density at radius 1 is 1.35 bits per heavy atom. The molecule has 0 saturated heterocycles. The molecule has 6 heteroatoms. The molecule has 0 spiro atoms. The van der Waals surface area contributed by atoms with Gasteiger partial charge in [0.1, 0.15) is 5.75 Å². The van der Waals surface area contributed by atoms with Gasteiger partial charge in [-0.05, 0) is 31.0 Å². The van der Waals surface area contributed by atoms with Crippen molar-refractivity contribution in [2.75, 3.05) is 13.1 Å². The number of benzene rings is 1. The van der Waals surface area contributed by atoms with Crippen LogP contribution >= 0.6 is 0 Å². The number of hydrogen-bond donors (Lipinski definition) is 1. The van der Waals surface area contributed by atoms with E-state index in [0.717, 1.165) is 11.6 Å². The Kier molecular flexibility index (Phi) is 3.74. The third-order valence-corrected chi connectivity index (χ3v) is 3.24. The fourth-order valence-electron chi connectivity index (χ4n) is 2.10. The molecule has 1 aromatic carbocycles. The van der Waals surface area contributed by atoms with Crippen LogP contribution in [0.15, 0.2) is 29.8 Å². The third kappa shape index (κ3) is 2.95. The average Bonchev–Trinajstić information content (AvgIpc) is 2.37. The molecule has 0 bridgehead atoms. The quantitative estimate of drug-likeness (QED) is 0.806. The van der Waals surface area contributed by atoms with E-state index in [4.69, 9.17) is 0 Å². The van der Waals surface area contributed by atoms with Crippen molar-refractivity contribution in [3.8, 4) is 5.75 Å². The van der Waals surface area contributed by atoms with Gasteiger partial charge in [0.15, 0.2) is 0 Å². The Labute approximate surface area is 114 Å². The Morgan fingerprint density at radius 3 is 2.55 bits per heavy atom. The van der Waals surface area contributed by atoms with Gasteiger partial charge in [0.2, 0.25) is 0 Å². The number of aryl methyl sites for hydroxylation is 1. The number of rotatable bonds is 1. The maximum atomic E-state index is 12.5. The minimum atomic E-state index is -4.33. The van der Waals surface area contributed by atoms with Crippen molar-refractivity contribution in [3.05, 3.63) is 41.0 Å². The van der Waals surface area contributed by atoms with Gasteiger partial charge >= 0.3 is 6.18 Å². The minimum absolute atomic E-state index is 0.00249. The monoisotopic (exact) mass is 285 g/mol. The molecule has 2 rings (SSSR count). The number of hydrogen-bond acceptors (Lipinski definition) is 2. The summed E-state index contributed by atoms with van der Waals surface area (Å²) in [5.41, 5.74) is 0.311. The molecule has 1 N–H and O–H groups in total. The zero-order valence-corrected chi connectivity index (χ0v) is 10.9. The Bertz CT molecular complexity index is 564. The van der Waals surface area contributed by atoms with Crippen LogP contribution < -0.4 is 0 Å². The fourth-order valence-corrected chi connectivity index (χ4v) is 2.10. The predicted octanol–water partition coefficient (Wildman–Crippen LogP) is 3.04. The van der Waals surface area contributed by atoms with Crippen LogP contribution in [0, 0.1) is 6.92 Å². The van der Waals surface area contributed by atoms with Gasteiger partial charge in [0.05, 0.1) is 5.56 Å². The van der Waals surface area contributed by atoms with Crippen molar-refractivity contribution in [2.24, 2.45) is 0 Å². The molecule has 1 aliphatic rings. The molecule has 1 aromatic rings. The highest BCUT2D eigenvalue weighted by Gasteiger charge is 2.35. The van der Waals surface area contributed by atoms with Crippen LogP contribution in [0.25, 0.3) is 0 Å². The molecule has 0 atom stereocenters. The highest BCUT2D eigenvalue weighted by molar-refractivity contribution is 5.97. The number of alkyl halides is 3. The first kappa shape index (κ1) is 14.4. The number of carbonyl (C=O) groups excluding carboxylic acids is 1. The van der Waals surface area contributed by atoms with Gasteiger partial charge in [-0.25, -0.2) is 0 Å². The maximum absolute atomic E-state index is 12.5. The van der Waals surface area contributed by atoms with Gasteiger partial charge in [0.25, 0.3) is 5.91 Å². The van der Waals surface area contributed by atoms with Gasteiger partial charge in [-0.1, -0.05) is 12.1 Å². The summed E-state index contributed by atoms with van der Waals surface area (Å²) in [5, 5.41) is 9.73. The van der Waals surface area contributed by atoms with E-state index in [1.165, 1.54) is 17.0 Å². The summed E-state index contributed by atoms with van der Waals surface area (Å²) >= 11 is 0. The highest BCUT2D eigenvalue weighted by Crippen LogP contribution is 2.31. The van der Waals surface area contributed by atoms with Gasteiger partial charge in [0, 0.05) is 18.7 Å². The van der Waals surface area contributed by atoms with E-state index in [-0.39, 0.29) is 30.8 Å². The Balaban J connectivity index is 2.14. The number of phenols is 1. The summed E-state index contributed by atoms with van der Waals surface area (Å²) in [7, 11) is 0. The van der Waals surface area contributed by atoms with Gasteiger partial charge < -0.3 is 10.0 Å². The van der Waals surface area contributed by atoms with E-state index in [1.807, 2.05) is 0 Å². The standard InChI is InChI=1S/C14H14F3NO2/c1-9-2-3-11(12(19)8-9)13(20)18-6-4-10(5-7-18)14(15,16)17/h2-4,8,19H,5-7H2,1H3. The molecule has 3 nitrogen and oxygen atoms in total. The smallest absolute Gasteiger partial charge is 0.412 e. The Morgan fingerprint density at radius 2 is 2.05 bits per heavy atom. The summed E-state index contributed by atoms with van der Waals surface area (Å²) in [6, 6.07) is 4.61. The predicted molar refractivity (Wildman–Crippen MR) is 67.5 cm³/mol. The molecule has 0 fully saturated rings. The molecule has 0 unspecified atom stereocenters. The van der Waals surface area contributed by atoms with E-state index in [1.54, 1.807) is 13.0 Å². The highest BCUT2D eigenvalue weighted by atomic mass is 19.4. The van der Waals surface area contributed by atoms with Crippen molar-refractivity contribution in [1.82, 2.24) is 4.90 Å². The number of aromatic hydroxyl groups is 1. The first-order valence-corrected chi connectivity index (χ1v) is 6.14. The number of nitrogens with zero attached hydrogens (tertiary/aromatic N) is 1. The summed E-state index contributed by atoms with van der Waals surface area (Å²) in [6.07, 6.45) is -3.53. The molecule has 1 heterocycles. The number of amides is 1. The fraction of sp³-hybridized carbons (Fsp3) is 0.357. The Hall–Kier alpha value is -1.98. The lowest BCUT2D eigenvalue weighted by atomic mass is 10.1. The lowest BCUT2D eigenvalue weighted by molar-refractivity contribution is -0.0957.